The van der Waals surface area contributed by atoms with Crippen molar-refractivity contribution in [2.75, 3.05) is 6.61 Å². The van der Waals surface area contributed by atoms with Crippen molar-refractivity contribution in [3.63, 3.8) is 0 Å². The molecule has 0 aromatic heterocycles. The standard InChI is InChI=1S/C12H18O2/c1-3-5-6-7-8-9-10-11-12(13)14-4-2/h5-6,8-11H,3-4,7H2,1-2H3/b6-5+,9-8+,11-10+. The summed E-state index contributed by atoms with van der Waals surface area (Å²) in [4.78, 5) is 10.8. The number of hydrogen-bond acceptors (Lipinski definition) is 2. The molecule has 0 aliphatic carbocycles. The van der Waals surface area contributed by atoms with Gasteiger partial charge in [-0.2, -0.15) is 0 Å². The minimum absolute atomic E-state index is 0.291. The Morgan fingerprint density at radius 2 is 1.93 bits per heavy atom. The second-order valence-corrected chi connectivity index (χ2v) is 2.65. The summed E-state index contributed by atoms with van der Waals surface area (Å²) in [5.74, 6) is -0.291. The van der Waals surface area contributed by atoms with Gasteiger partial charge in [-0.15, -0.1) is 0 Å². The number of carbonyl (C=O) groups excluding carboxylic acids is 1. The van der Waals surface area contributed by atoms with Crippen LogP contribution >= 0.6 is 0 Å². The number of rotatable bonds is 6. The molecule has 0 saturated carbocycles. The van der Waals surface area contributed by atoms with Crippen LogP contribution in [0.1, 0.15) is 26.7 Å². The fourth-order valence-corrected chi connectivity index (χ4v) is 0.823. The van der Waals surface area contributed by atoms with Crippen LogP contribution in [0, 0.1) is 0 Å². The maximum Gasteiger partial charge on any atom is 0.330 e. The van der Waals surface area contributed by atoms with Crippen LogP contribution in [-0.2, 0) is 9.53 Å². The summed E-state index contributed by atoms with van der Waals surface area (Å²) in [5, 5.41) is 0. The Morgan fingerprint density at radius 3 is 2.57 bits per heavy atom. The average Bonchev–Trinajstić information content (AvgIpc) is 2.17. The summed E-state index contributed by atoms with van der Waals surface area (Å²) in [6.45, 7) is 4.31. The van der Waals surface area contributed by atoms with Gasteiger partial charge < -0.3 is 4.74 Å². The van der Waals surface area contributed by atoms with Crippen molar-refractivity contribution >= 4 is 5.97 Å². The van der Waals surface area contributed by atoms with E-state index in [1.165, 1.54) is 6.08 Å². The van der Waals surface area contributed by atoms with Crippen LogP contribution in [0.2, 0.25) is 0 Å². The first-order valence-corrected chi connectivity index (χ1v) is 4.96. The second-order valence-electron chi connectivity index (χ2n) is 2.65. The fourth-order valence-electron chi connectivity index (χ4n) is 0.823. The van der Waals surface area contributed by atoms with Crippen molar-refractivity contribution in [1.82, 2.24) is 0 Å². The van der Waals surface area contributed by atoms with Crippen LogP contribution in [-0.4, -0.2) is 12.6 Å². The lowest BCUT2D eigenvalue weighted by atomic mass is 10.3. The van der Waals surface area contributed by atoms with E-state index in [1.807, 2.05) is 12.2 Å². The third kappa shape index (κ3) is 8.78. The van der Waals surface area contributed by atoms with Gasteiger partial charge >= 0.3 is 5.97 Å². The van der Waals surface area contributed by atoms with Gasteiger partial charge in [-0.05, 0) is 19.8 Å². The molecular weight excluding hydrogens is 176 g/mol. The maximum absolute atomic E-state index is 10.8. The molecule has 0 fully saturated rings. The zero-order valence-electron chi connectivity index (χ0n) is 8.90. The fraction of sp³-hybridized carbons (Fsp3) is 0.417. The quantitative estimate of drug-likeness (QED) is 0.281. The first-order valence-electron chi connectivity index (χ1n) is 4.96. The van der Waals surface area contributed by atoms with E-state index in [9.17, 15) is 4.79 Å². The summed E-state index contributed by atoms with van der Waals surface area (Å²) >= 11 is 0. The summed E-state index contributed by atoms with van der Waals surface area (Å²) in [6, 6.07) is 0. The lowest BCUT2D eigenvalue weighted by Crippen LogP contribution is -1.98. The van der Waals surface area contributed by atoms with Crippen LogP contribution in [0.3, 0.4) is 0 Å². The number of hydrogen-bond donors (Lipinski definition) is 0. The molecule has 0 radical (unpaired) electrons. The van der Waals surface area contributed by atoms with Crippen molar-refractivity contribution in [1.29, 1.82) is 0 Å². The van der Waals surface area contributed by atoms with E-state index in [0.717, 1.165) is 12.8 Å². The molecule has 0 bridgehead atoms. The zero-order chi connectivity index (χ0) is 10.6. The number of esters is 1. The molecule has 0 unspecified atom stereocenters. The van der Waals surface area contributed by atoms with Crippen LogP contribution in [0.5, 0.6) is 0 Å². The highest BCUT2D eigenvalue weighted by Crippen LogP contribution is 1.89. The first-order chi connectivity index (χ1) is 6.81. The van der Waals surface area contributed by atoms with Gasteiger partial charge in [0, 0.05) is 6.08 Å². The van der Waals surface area contributed by atoms with E-state index in [4.69, 9.17) is 4.74 Å². The summed E-state index contributed by atoms with van der Waals surface area (Å²) in [6.07, 6.45) is 13.1. The van der Waals surface area contributed by atoms with Crippen molar-refractivity contribution < 1.29 is 9.53 Å². The van der Waals surface area contributed by atoms with Gasteiger partial charge in [0.15, 0.2) is 0 Å². The van der Waals surface area contributed by atoms with Crippen LogP contribution < -0.4 is 0 Å². The molecule has 0 saturated heterocycles. The van der Waals surface area contributed by atoms with Crippen LogP contribution in [0.25, 0.3) is 0 Å². The van der Waals surface area contributed by atoms with Gasteiger partial charge in [-0.25, -0.2) is 4.79 Å². The molecule has 0 spiro atoms. The van der Waals surface area contributed by atoms with Crippen LogP contribution in [0.15, 0.2) is 36.5 Å². The predicted octanol–water partition coefficient (Wildman–Crippen LogP) is 3.02. The third-order valence-corrected chi connectivity index (χ3v) is 1.44. The highest BCUT2D eigenvalue weighted by atomic mass is 16.5. The van der Waals surface area contributed by atoms with Crippen molar-refractivity contribution in [2.24, 2.45) is 0 Å². The minimum atomic E-state index is -0.291. The first kappa shape index (κ1) is 12.7. The lowest BCUT2D eigenvalue weighted by Gasteiger charge is -1.92. The summed E-state index contributed by atoms with van der Waals surface area (Å²) in [7, 11) is 0. The van der Waals surface area contributed by atoms with E-state index in [-0.39, 0.29) is 5.97 Å². The predicted molar refractivity (Wildman–Crippen MR) is 59.0 cm³/mol. The molecule has 0 aliphatic heterocycles. The van der Waals surface area contributed by atoms with E-state index in [0.29, 0.717) is 6.61 Å². The SMILES string of the molecule is CC/C=C/C/C=C/C=C/C(=O)OCC. The summed E-state index contributed by atoms with van der Waals surface area (Å²) in [5.41, 5.74) is 0. The Morgan fingerprint density at radius 1 is 1.14 bits per heavy atom. The Bertz CT molecular complexity index is 224. The van der Waals surface area contributed by atoms with Crippen molar-refractivity contribution in [3.8, 4) is 0 Å². The van der Waals surface area contributed by atoms with Crippen LogP contribution in [0.4, 0.5) is 0 Å². The van der Waals surface area contributed by atoms with Gasteiger partial charge in [-0.3, -0.25) is 0 Å². The molecule has 0 aromatic carbocycles. The second kappa shape index (κ2) is 9.78. The zero-order valence-corrected chi connectivity index (χ0v) is 8.90. The van der Waals surface area contributed by atoms with Crippen molar-refractivity contribution in [3.05, 3.63) is 36.5 Å². The molecular formula is C12H18O2. The molecule has 78 valence electrons. The lowest BCUT2D eigenvalue weighted by molar-refractivity contribution is -0.137. The van der Waals surface area contributed by atoms with Gasteiger partial charge in [0.05, 0.1) is 6.61 Å². The molecule has 2 heteroatoms. The maximum atomic E-state index is 10.8. The smallest absolute Gasteiger partial charge is 0.330 e. The molecule has 14 heavy (non-hydrogen) atoms. The molecule has 0 N–H and O–H groups in total. The highest BCUT2D eigenvalue weighted by molar-refractivity contribution is 5.82. The van der Waals surface area contributed by atoms with Gasteiger partial charge in [0.2, 0.25) is 0 Å². The third-order valence-electron chi connectivity index (χ3n) is 1.44. The Labute approximate surface area is 86.0 Å². The topological polar surface area (TPSA) is 26.3 Å². The monoisotopic (exact) mass is 194 g/mol. The normalized spacial score (nSPS) is 11.9. The summed E-state index contributed by atoms with van der Waals surface area (Å²) < 4.78 is 4.71. The molecule has 0 amide bonds. The number of allylic oxidation sites excluding steroid dienone is 5. The minimum Gasteiger partial charge on any atom is -0.463 e. The van der Waals surface area contributed by atoms with Gasteiger partial charge in [0.1, 0.15) is 0 Å². The van der Waals surface area contributed by atoms with E-state index in [1.54, 1.807) is 13.0 Å². The Balaban J connectivity index is 3.59. The Hall–Kier alpha value is -1.31. The molecule has 0 rings (SSSR count). The van der Waals surface area contributed by atoms with Gasteiger partial charge in [0.25, 0.3) is 0 Å². The van der Waals surface area contributed by atoms with Crippen molar-refractivity contribution in [2.45, 2.75) is 26.7 Å². The van der Waals surface area contributed by atoms with E-state index < -0.39 is 0 Å². The largest absolute Gasteiger partial charge is 0.463 e. The van der Waals surface area contributed by atoms with E-state index in [2.05, 4.69) is 19.1 Å². The number of ether oxygens (including phenoxy) is 1. The molecule has 0 atom stereocenters. The number of carbonyl (C=O) groups is 1. The van der Waals surface area contributed by atoms with Gasteiger partial charge in [-0.1, -0.05) is 37.3 Å². The molecule has 0 aromatic rings. The Kier molecular flexibility index (Phi) is 8.86. The van der Waals surface area contributed by atoms with E-state index >= 15 is 0 Å². The highest BCUT2D eigenvalue weighted by Gasteiger charge is 1.89. The average molecular weight is 194 g/mol. The molecule has 0 aliphatic rings. The molecule has 0 heterocycles. The molecule has 2 nitrogen and oxygen atoms in total.